The van der Waals surface area contributed by atoms with Crippen molar-refractivity contribution in [2.24, 2.45) is 0 Å². The fourth-order valence-electron chi connectivity index (χ4n) is 1.65. The number of sulfone groups is 1. The smallest absolute Gasteiger partial charge is 0.175 e. The molecule has 0 aliphatic heterocycles. The molecule has 84 valence electrons. The molecule has 0 aromatic heterocycles. The normalized spacial score (nSPS) is 13.8. The Morgan fingerprint density at radius 1 is 1.33 bits per heavy atom. The third-order valence-corrected chi connectivity index (χ3v) is 3.69. The zero-order valence-electron chi connectivity index (χ0n) is 9.53. The Kier molecular flexibility index (Phi) is 3.91. The first-order valence-electron chi connectivity index (χ1n) is 5.25. The van der Waals surface area contributed by atoms with E-state index in [0.717, 1.165) is 18.4 Å². The van der Waals surface area contributed by atoms with Gasteiger partial charge in [-0.1, -0.05) is 32.4 Å². The van der Waals surface area contributed by atoms with Crippen molar-refractivity contribution in [3.05, 3.63) is 29.8 Å². The Bertz CT molecular complexity index is 421. The highest BCUT2D eigenvalue weighted by Crippen LogP contribution is 2.22. The molecule has 15 heavy (non-hydrogen) atoms. The van der Waals surface area contributed by atoms with E-state index < -0.39 is 9.84 Å². The topological polar surface area (TPSA) is 34.1 Å². The van der Waals surface area contributed by atoms with Crippen LogP contribution in [0.5, 0.6) is 0 Å². The molecule has 0 amide bonds. The van der Waals surface area contributed by atoms with Crippen LogP contribution in [0.1, 0.15) is 38.2 Å². The molecule has 0 aliphatic rings. The molecule has 0 fully saturated rings. The van der Waals surface area contributed by atoms with Crippen LogP contribution < -0.4 is 0 Å². The molecule has 0 N–H and O–H groups in total. The molecule has 1 aromatic carbocycles. The van der Waals surface area contributed by atoms with E-state index in [1.165, 1.54) is 6.26 Å². The van der Waals surface area contributed by atoms with Crippen molar-refractivity contribution in [1.29, 1.82) is 0 Å². The zero-order chi connectivity index (χ0) is 11.5. The summed E-state index contributed by atoms with van der Waals surface area (Å²) < 4.78 is 22.7. The quantitative estimate of drug-likeness (QED) is 0.791. The van der Waals surface area contributed by atoms with Crippen LogP contribution in [0.25, 0.3) is 0 Å². The van der Waals surface area contributed by atoms with Crippen LogP contribution in [0.2, 0.25) is 0 Å². The maximum absolute atomic E-state index is 11.4. The summed E-state index contributed by atoms with van der Waals surface area (Å²) in [6, 6.07) is 7.25. The van der Waals surface area contributed by atoms with Gasteiger partial charge in [0.1, 0.15) is 0 Å². The molecule has 0 saturated heterocycles. The molecular weight excluding hydrogens is 208 g/mol. The summed E-state index contributed by atoms with van der Waals surface area (Å²) in [6.45, 7) is 4.27. The van der Waals surface area contributed by atoms with Crippen LogP contribution in [0.15, 0.2) is 29.2 Å². The van der Waals surface area contributed by atoms with Gasteiger partial charge in [0.25, 0.3) is 0 Å². The van der Waals surface area contributed by atoms with Crippen LogP contribution in [0.4, 0.5) is 0 Å². The van der Waals surface area contributed by atoms with Gasteiger partial charge in [-0.25, -0.2) is 8.42 Å². The van der Waals surface area contributed by atoms with E-state index in [2.05, 4.69) is 13.8 Å². The van der Waals surface area contributed by atoms with Gasteiger partial charge in [0.05, 0.1) is 4.90 Å². The van der Waals surface area contributed by atoms with Gasteiger partial charge in [-0.2, -0.15) is 0 Å². The van der Waals surface area contributed by atoms with Crippen LogP contribution >= 0.6 is 0 Å². The fourth-order valence-corrected chi connectivity index (χ4v) is 2.33. The van der Waals surface area contributed by atoms with Crippen molar-refractivity contribution in [3.63, 3.8) is 0 Å². The van der Waals surface area contributed by atoms with Crippen LogP contribution in [-0.4, -0.2) is 14.7 Å². The minimum absolute atomic E-state index is 0.419. The lowest BCUT2D eigenvalue weighted by molar-refractivity contribution is 0.601. The molecule has 0 aliphatic carbocycles. The first-order valence-corrected chi connectivity index (χ1v) is 7.14. The van der Waals surface area contributed by atoms with Gasteiger partial charge in [0.15, 0.2) is 9.84 Å². The summed E-state index contributed by atoms with van der Waals surface area (Å²) in [5, 5.41) is 0. The second-order valence-electron chi connectivity index (χ2n) is 4.03. The lowest BCUT2D eigenvalue weighted by atomic mass is 9.97. The lowest BCUT2D eigenvalue weighted by Gasteiger charge is -2.11. The molecule has 1 rings (SSSR count). The van der Waals surface area contributed by atoms with Crippen molar-refractivity contribution in [2.45, 2.75) is 37.5 Å². The highest BCUT2D eigenvalue weighted by Gasteiger charge is 2.10. The second kappa shape index (κ2) is 4.79. The highest BCUT2D eigenvalue weighted by atomic mass is 32.2. The summed E-state index contributed by atoms with van der Waals surface area (Å²) in [5.41, 5.74) is 1.11. The third-order valence-electron chi connectivity index (χ3n) is 2.58. The van der Waals surface area contributed by atoms with Crippen molar-refractivity contribution < 1.29 is 8.42 Å². The minimum Gasteiger partial charge on any atom is -0.224 e. The van der Waals surface area contributed by atoms with E-state index in [1.807, 2.05) is 12.1 Å². The van der Waals surface area contributed by atoms with Crippen molar-refractivity contribution in [1.82, 2.24) is 0 Å². The van der Waals surface area contributed by atoms with E-state index in [-0.39, 0.29) is 0 Å². The molecular formula is C12H18O2S. The number of hydrogen-bond acceptors (Lipinski definition) is 2. The summed E-state index contributed by atoms with van der Waals surface area (Å²) in [7, 11) is -3.07. The number of benzene rings is 1. The lowest BCUT2D eigenvalue weighted by Crippen LogP contribution is -1.99. The van der Waals surface area contributed by atoms with Gasteiger partial charge in [-0.3, -0.25) is 0 Å². The Morgan fingerprint density at radius 2 is 2.00 bits per heavy atom. The van der Waals surface area contributed by atoms with Gasteiger partial charge in [-0.05, 0) is 30.0 Å². The molecule has 0 bridgehead atoms. The Morgan fingerprint density at radius 3 is 2.53 bits per heavy atom. The predicted molar refractivity (Wildman–Crippen MR) is 62.9 cm³/mol. The zero-order valence-corrected chi connectivity index (χ0v) is 10.3. The molecule has 0 saturated carbocycles. The van der Waals surface area contributed by atoms with Gasteiger partial charge >= 0.3 is 0 Å². The molecule has 1 unspecified atom stereocenters. The van der Waals surface area contributed by atoms with Crippen LogP contribution in [0.3, 0.4) is 0 Å². The molecule has 0 spiro atoms. The van der Waals surface area contributed by atoms with Crippen LogP contribution in [0, 0.1) is 0 Å². The first-order chi connectivity index (χ1) is 6.95. The fraction of sp³-hybridized carbons (Fsp3) is 0.500. The van der Waals surface area contributed by atoms with Gasteiger partial charge in [0, 0.05) is 6.26 Å². The van der Waals surface area contributed by atoms with Gasteiger partial charge in [-0.15, -0.1) is 0 Å². The third kappa shape index (κ3) is 3.34. The second-order valence-corrected chi connectivity index (χ2v) is 6.05. The maximum Gasteiger partial charge on any atom is 0.175 e. The van der Waals surface area contributed by atoms with Gasteiger partial charge < -0.3 is 0 Å². The molecule has 2 nitrogen and oxygen atoms in total. The average Bonchev–Trinajstić information content (AvgIpc) is 2.17. The standard InChI is InChI=1S/C12H18O2S/c1-4-6-10(2)11-7-5-8-12(9-11)15(3,13)14/h5,7-10H,4,6H2,1-3H3. The average molecular weight is 226 g/mol. The molecule has 1 aromatic rings. The van der Waals surface area contributed by atoms with E-state index in [1.54, 1.807) is 12.1 Å². The van der Waals surface area contributed by atoms with Crippen molar-refractivity contribution in [2.75, 3.05) is 6.26 Å². The summed E-state index contributed by atoms with van der Waals surface area (Å²) >= 11 is 0. The largest absolute Gasteiger partial charge is 0.224 e. The Labute approximate surface area is 92.2 Å². The van der Waals surface area contributed by atoms with E-state index in [0.29, 0.717) is 10.8 Å². The highest BCUT2D eigenvalue weighted by molar-refractivity contribution is 7.90. The molecule has 1 atom stereocenters. The van der Waals surface area contributed by atoms with E-state index in [9.17, 15) is 8.42 Å². The number of hydrogen-bond donors (Lipinski definition) is 0. The molecule has 0 heterocycles. The monoisotopic (exact) mass is 226 g/mol. The van der Waals surface area contributed by atoms with E-state index >= 15 is 0 Å². The maximum atomic E-state index is 11.4. The predicted octanol–water partition coefficient (Wildman–Crippen LogP) is 2.99. The van der Waals surface area contributed by atoms with Crippen molar-refractivity contribution >= 4 is 9.84 Å². The minimum atomic E-state index is -3.07. The van der Waals surface area contributed by atoms with Gasteiger partial charge in [0.2, 0.25) is 0 Å². The van der Waals surface area contributed by atoms with E-state index in [4.69, 9.17) is 0 Å². The summed E-state index contributed by atoms with van der Waals surface area (Å²) in [4.78, 5) is 0.419. The molecule has 0 radical (unpaired) electrons. The first kappa shape index (κ1) is 12.2. The van der Waals surface area contributed by atoms with Crippen LogP contribution in [-0.2, 0) is 9.84 Å². The summed E-state index contributed by atoms with van der Waals surface area (Å²) in [5.74, 6) is 0.427. The Balaban J connectivity index is 3.03. The Hall–Kier alpha value is -0.830. The SMILES string of the molecule is CCCC(C)c1cccc(S(C)(=O)=O)c1. The summed E-state index contributed by atoms with van der Waals surface area (Å²) in [6.07, 6.45) is 3.45. The molecule has 3 heteroatoms. The number of rotatable bonds is 4. The van der Waals surface area contributed by atoms with Crippen molar-refractivity contribution in [3.8, 4) is 0 Å².